The van der Waals surface area contributed by atoms with E-state index >= 15 is 0 Å². The monoisotopic (exact) mass is 378 g/mol. The van der Waals surface area contributed by atoms with Crippen LogP contribution >= 0.6 is 12.2 Å². The molecular formula is C19H27FN4OS. The van der Waals surface area contributed by atoms with Crippen molar-refractivity contribution in [1.82, 2.24) is 10.7 Å². The summed E-state index contributed by atoms with van der Waals surface area (Å²) in [6.45, 7) is 4.55. The molecule has 1 aliphatic carbocycles. The summed E-state index contributed by atoms with van der Waals surface area (Å²) < 4.78 is 19.8. The molecule has 0 amide bonds. The highest BCUT2D eigenvalue weighted by Gasteiger charge is 2.16. The SMILES string of the molecule is C/C(=N/NC(=S)NC1CCCCC1)c1ccc(N2CCOCC2)c(F)c1. The molecule has 1 aromatic carbocycles. The van der Waals surface area contributed by atoms with Crippen molar-refractivity contribution in [1.29, 1.82) is 0 Å². The molecule has 1 saturated heterocycles. The highest BCUT2D eigenvalue weighted by molar-refractivity contribution is 7.80. The van der Waals surface area contributed by atoms with Crippen molar-refractivity contribution in [2.45, 2.75) is 45.1 Å². The number of nitrogens with one attached hydrogen (secondary N) is 2. The number of ether oxygens (including phenoxy) is 1. The second kappa shape index (κ2) is 9.28. The van der Waals surface area contributed by atoms with Crippen molar-refractivity contribution < 1.29 is 9.13 Å². The fraction of sp³-hybridized carbons (Fsp3) is 0.579. The molecule has 5 nitrogen and oxygen atoms in total. The summed E-state index contributed by atoms with van der Waals surface area (Å²) in [6.07, 6.45) is 6.10. The molecule has 0 aromatic heterocycles. The summed E-state index contributed by atoms with van der Waals surface area (Å²) in [5.74, 6) is -0.234. The van der Waals surface area contributed by atoms with E-state index in [2.05, 4.69) is 15.8 Å². The van der Waals surface area contributed by atoms with Gasteiger partial charge in [0.1, 0.15) is 5.82 Å². The molecule has 142 valence electrons. The number of hydrogen-bond acceptors (Lipinski definition) is 4. The Morgan fingerprint density at radius 2 is 1.96 bits per heavy atom. The number of hydrogen-bond donors (Lipinski definition) is 2. The van der Waals surface area contributed by atoms with Crippen LogP contribution in [0.3, 0.4) is 0 Å². The minimum atomic E-state index is -0.234. The number of anilines is 1. The molecule has 0 bridgehead atoms. The van der Waals surface area contributed by atoms with Crippen molar-refractivity contribution in [3.8, 4) is 0 Å². The summed E-state index contributed by atoms with van der Waals surface area (Å²) in [4.78, 5) is 2.01. The molecule has 1 aliphatic heterocycles. The van der Waals surface area contributed by atoms with Crippen molar-refractivity contribution in [2.24, 2.45) is 5.10 Å². The largest absolute Gasteiger partial charge is 0.378 e. The van der Waals surface area contributed by atoms with Crippen LogP contribution in [0, 0.1) is 5.82 Å². The number of rotatable bonds is 4. The fourth-order valence-electron chi connectivity index (χ4n) is 3.46. The molecule has 2 N–H and O–H groups in total. The molecule has 0 spiro atoms. The average Bonchev–Trinajstić information content (AvgIpc) is 2.67. The predicted molar refractivity (Wildman–Crippen MR) is 107 cm³/mol. The molecule has 0 unspecified atom stereocenters. The van der Waals surface area contributed by atoms with Crippen LogP contribution in [-0.2, 0) is 4.74 Å². The molecule has 0 atom stereocenters. The molecule has 2 aliphatic rings. The van der Waals surface area contributed by atoms with Gasteiger partial charge < -0.3 is 15.0 Å². The van der Waals surface area contributed by atoms with Crippen LogP contribution in [0.4, 0.5) is 10.1 Å². The van der Waals surface area contributed by atoms with Gasteiger partial charge in [0.15, 0.2) is 5.11 Å². The van der Waals surface area contributed by atoms with E-state index in [-0.39, 0.29) is 5.82 Å². The van der Waals surface area contributed by atoms with Crippen LogP contribution in [0.15, 0.2) is 23.3 Å². The average molecular weight is 379 g/mol. The van der Waals surface area contributed by atoms with Crippen molar-refractivity contribution in [3.05, 3.63) is 29.6 Å². The lowest BCUT2D eigenvalue weighted by Crippen LogP contribution is -2.41. The molecule has 2 fully saturated rings. The maximum atomic E-state index is 14.5. The fourth-order valence-corrected chi connectivity index (χ4v) is 3.67. The van der Waals surface area contributed by atoms with E-state index in [9.17, 15) is 4.39 Å². The first-order valence-corrected chi connectivity index (χ1v) is 9.78. The molecule has 1 heterocycles. The number of benzene rings is 1. The van der Waals surface area contributed by atoms with Crippen LogP contribution in [0.25, 0.3) is 0 Å². The maximum absolute atomic E-state index is 14.5. The quantitative estimate of drug-likeness (QED) is 0.479. The van der Waals surface area contributed by atoms with Crippen LogP contribution in [0.5, 0.6) is 0 Å². The van der Waals surface area contributed by atoms with Gasteiger partial charge in [-0.2, -0.15) is 5.10 Å². The Morgan fingerprint density at radius 3 is 2.65 bits per heavy atom. The predicted octanol–water partition coefficient (Wildman–Crippen LogP) is 3.18. The van der Waals surface area contributed by atoms with Gasteiger partial charge in [0.2, 0.25) is 0 Å². The van der Waals surface area contributed by atoms with Gasteiger partial charge in [-0.1, -0.05) is 25.3 Å². The van der Waals surface area contributed by atoms with E-state index in [1.54, 1.807) is 0 Å². The Bertz CT molecular complexity index is 655. The van der Waals surface area contributed by atoms with Gasteiger partial charge in [0, 0.05) is 24.7 Å². The molecule has 3 rings (SSSR count). The Balaban J connectivity index is 1.57. The highest BCUT2D eigenvalue weighted by Crippen LogP contribution is 2.22. The topological polar surface area (TPSA) is 48.9 Å². The van der Waals surface area contributed by atoms with Gasteiger partial charge in [-0.05, 0) is 44.1 Å². The van der Waals surface area contributed by atoms with Crippen molar-refractivity contribution in [3.63, 3.8) is 0 Å². The van der Waals surface area contributed by atoms with Crippen LogP contribution < -0.4 is 15.6 Å². The highest BCUT2D eigenvalue weighted by atomic mass is 32.1. The Morgan fingerprint density at radius 1 is 1.23 bits per heavy atom. The van der Waals surface area contributed by atoms with Crippen molar-refractivity contribution >= 4 is 28.7 Å². The van der Waals surface area contributed by atoms with Gasteiger partial charge in [-0.25, -0.2) is 4.39 Å². The lowest BCUT2D eigenvalue weighted by atomic mass is 9.96. The van der Waals surface area contributed by atoms with Gasteiger partial charge in [-0.3, -0.25) is 5.43 Å². The zero-order chi connectivity index (χ0) is 18.4. The molecule has 0 radical (unpaired) electrons. The van der Waals surface area contributed by atoms with E-state index in [1.807, 2.05) is 24.0 Å². The van der Waals surface area contributed by atoms with Gasteiger partial charge >= 0.3 is 0 Å². The summed E-state index contributed by atoms with van der Waals surface area (Å²) >= 11 is 5.31. The maximum Gasteiger partial charge on any atom is 0.187 e. The normalized spacial score (nSPS) is 19.3. The Labute approximate surface area is 160 Å². The van der Waals surface area contributed by atoms with Gasteiger partial charge in [0.25, 0.3) is 0 Å². The standard InChI is InChI=1S/C19H27FN4OS/c1-14(22-23-19(26)21-16-5-3-2-4-6-16)15-7-8-18(17(20)13-15)24-9-11-25-12-10-24/h7-8,13,16H,2-6,9-12H2,1H3,(H2,21,23,26)/b22-14-. The molecule has 7 heteroatoms. The number of hydrazone groups is 1. The van der Waals surface area contributed by atoms with E-state index in [1.165, 1.54) is 25.3 Å². The van der Waals surface area contributed by atoms with Crippen molar-refractivity contribution in [2.75, 3.05) is 31.2 Å². The smallest absolute Gasteiger partial charge is 0.187 e. The molecule has 1 aromatic rings. The lowest BCUT2D eigenvalue weighted by Gasteiger charge is -2.29. The first kappa shape index (κ1) is 19.0. The second-order valence-electron chi connectivity index (χ2n) is 6.88. The second-order valence-corrected chi connectivity index (χ2v) is 7.29. The third-order valence-corrected chi connectivity index (χ3v) is 5.19. The van der Waals surface area contributed by atoms with E-state index < -0.39 is 0 Å². The van der Waals surface area contributed by atoms with Gasteiger partial charge in [0.05, 0.1) is 24.6 Å². The Kier molecular flexibility index (Phi) is 6.80. The molecule has 1 saturated carbocycles. The van der Waals surface area contributed by atoms with Crippen LogP contribution in [0.1, 0.15) is 44.6 Å². The van der Waals surface area contributed by atoms with Crippen LogP contribution in [-0.4, -0.2) is 43.2 Å². The third-order valence-electron chi connectivity index (χ3n) is 4.98. The number of morpholine rings is 1. The lowest BCUT2D eigenvalue weighted by molar-refractivity contribution is 0.122. The molecule has 26 heavy (non-hydrogen) atoms. The van der Waals surface area contributed by atoms with E-state index in [0.29, 0.717) is 48.9 Å². The summed E-state index contributed by atoms with van der Waals surface area (Å²) in [7, 11) is 0. The summed E-state index contributed by atoms with van der Waals surface area (Å²) in [5, 5.41) is 8.14. The molecular weight excluding hydrogens is 351 g/mol. The first-order chi connectivity index (χ1) is 12.6. The minimum absolute atomic E-state index is 0.234. The number of nitrogens with zero attached hydrogens (tertiary/aromatic N) is 2. The summed E-state index contributed by atoms with van der Waals surface area (Å²) in [5.41, 5.74) is 4.94. The van der Waals surface area contributed by atoms with Gasteiger partial charge in [-0.15, -0.1) is 0 Å². The minimum Gasteiger partial charge on any atom is -0.378 e. The third kappa shape index (κ3) is 5.14. The number of thiocarbonyl (C=S) groups is 1. The Hall–Kier alpha value is -1.73. The van der Waals surface area contributed by atoms with E-state index in [4.69, 9.17) is 17.0 Å². The zero-order valence-electron chi connectivity index (χ0n) is 15.3. The summed E-state index contributed by atoms with van der Waals surface area (Å²) in [6, 6.07) is 5.67. The zero-order valence-corrected chi connectivity index (χ0v) is 16.1. The first-order valence-electron chi connectivity index (χ1n) is 9.37. The number of halogens is 1. The van der Waals surface area contributed by atoms with Crippen LogP contribution in [0.2, 0.25) is 0 Å². The van der Waals surface area contributed by atoms with E-state index in [0.717, 1.165) is 18.4 Å².